The van der Waals surface area contributed by atoms with Crippen molar-refractivity contribution in [2.24, 2.45) is 0 Å². The first-order valence-electron chi connectivity index (χ1n) is 5.46. The molecule has 0 saturated heterocycles. The van der Waals surface area contributed by atoms with E-state index in [0.717, 1.165) is 16.8 Å². The zero-order chi connectivity index (χ0) is 11.8. The lowest BCUT2D eigenvalue weighted by Crippen LogP contribution is -2.13. The van der Waals surface area contributed by atoms with Crippen LogP contribution in [0.15, 0.2) is 30.5 Å². The molecule has 0 fully saturated rings. The molecule has 1 aromatic carbocycles. The van der Waals surface area contributed by atoms with Crippen LogP contribution in [0.5, 0.6) is 5.75 Å². The summed E-state index contributed by atoms with van der Waals surface area (Å²) in [5.41, 5.74) is 1.16. The lowest BCUT2D eigenvalue weighted by atomic mass is 9.88. The summed E-state index contributed by atoms with van der Waals surface area (Å²) in [5.74, 6) is 0.908. The molecular weight excluding hydrogens is 198 g/mol. The van der Waals surface area contributed by atoms with E-state index in [1.807, 2.05) is 24.4 Å². The fourth-order valence-electron chi connectivity index (χ4n) is 1.95. The van der Waals surface area contributed by atoms with Crippen molar-refractivity contribution in [1.29, 1.82) is 0 Å². The molecule has 0 spiro atoms. The molecule has 1 heterocycles. The van der Waals surface area contributed by atoms with Crippen LogP contribution in [0.25, 0.3) is 10.8 Å². The van der Waals surface area contributed by atoms with E-state index in [0.29, 0.717) is 0 Å². The van der Waals surface area contributed by atoms with Gasteiger partial charge in [-0.25, -0.2) is 0 Å². The van der Waals surface area contributed by atoms with E-state index in [1.54, 1.807) is 7.11 Å². The first kappa shape index (κ1) is 10.9. The topological polar surface area (TPSA) is 22.1 Å². The Morgan fingerprint density at radius 3 is 2.44 bits per heavy atom. The zero-order valence-electron chi connectivity index (χ0n) is 10.2. The lowest BCUT2D eigenvalue weighted by molar-refractivity contribution is 0.419. The summed E-state index contributed by atoms with van der Waals surface area (Å²) in [6, 6.07) is 8.10. The first-order chi connectivity index (χ1) is 7.54. The molecule has 0 amide bonds. The van der Waals surface area contributed by atoms with Crippen molar-refractivity contribution in [1.82, 2.24) is 4.98 Å². The van der Waals surface area contributed by atoms with Crippen LogP contribution in [-0.4, -0.2) is 12.1 Å². The number of nitrogens with zero attached hydrogens (tertiary/aromatic N) is 1. The van der Waals surface area contributed by atoms with Crippen molar-refractivity contribution in [3.8, 4) is 5.75 Å². The van der Waals surface area contributed by atoms with Crippen molar-refractivity contribution in [3.63, 3.8) is 0 Å². The molecule has 0 aliphatic rings. The van der Waals surface area contributed by atoms with Gasteiger partial charge in [0.2, 0.25) is 0 Å². The Morgan fingerprint density at radius 2 is 1.81 bits per heavy atom. The number of pyridine rings is 1. The highest BCUT2D eigenvalue weighted by Gasteiger charge is 2.18. The van der Waals surface area contributed by atoms with Gasteiger partial charge in [-0.2, -0.15) is 0 Å². The number of fused-ring (bicyclic) bond motifs is 1. The number of hydrogen-bond donors (Lipinski definition) is 0. The summed E-state index contributed by atoms with van der Waals surface area (Å²) in [5, 5.41) is 2.30. The molecule has 0 atom stereocenters. The molecule has 2 heteroatoms. The average molecular weight is 215 g/mol. The largest absolute Gasteiger partial charge is 0.496 e. The van der Waals surface area contributed by atoms with E-state index in [-0.39, 0.29) is 5.41 Å². The predicted octanol–water partition coefficient (Wildman–Crippen LogP) is 3.54. The molecule has 84 valence electrons. The van der Waals surface area contributed by atoms with Gasteiger partial charge in [-0.15, -0.1) is 0 Å². The van der Waals surface area contributed by atoms with E-state index >= 15 is 0 Å². The number of aromatic nitrogens is 1. The van der Waals surface area contributed by atoms with Gasteiger partial charge >= 0.3 is 0 Å². The maximum absolute atomic E-state index is 5.37. The van der Waals surface area contributed by atoms with Crippen LogP contribution in [0.2, 0.25) is 0 Å². The van der Waals surface area contributed by atoms with E-state index in [9.17, 15) is 0 Å². The van der Waals surface area contributed by atoms with Crippen LogP contribution in [0.1, 0.15) is 26.5 Å². The number of ether oxygens (including phenoxy) is 1. The number of rotatable bonds is 1. The maximum Gasteiger partial charge on any atom is 0.126 e. The lowest BCUT2D eigenvalue weighted by Gasteiger charge is -2.20. The molecule has 0 saturated carbocycles. The van der Waals surface area contributed by atoms with Crippen molar-refractivity contribution in [2.75, 3.05) is 7.11 Å². The van der Waals surface area contributed by atoms with Gasteiger partial charge in [0.25, 0.3) is 0 Å². The highest BCUT2D eigenvalue weighted by molar-refractivity contribution is 5.90. The predicted molar refractivity (Wildman–Crippen MR) is 67.0 cm³/mol. The molecule has 0 radical (unpaired) electrons. The first-order valence-corrected chi connectivity index (χ1v) is 5.46. The number of benzene rings is 1. The zero-order valence-corrected chi connectivity index (χ0v) is 10.2. The van der Waals surface area contributed by atoms with Gasteiger partial charge in [-0.05, 0) is 12.1 Å². The van der Waals surface area contributed by atoms with Crippen LogP contribution in [0.4, 0.5) is 0 Å². The Morgan fingerprint density at radius 1 is 1.06 bits per heavy atom. The van der Waals surface area contributed by atoms with Crippen molar-refractivity contribution in [2.45, 2.75) is 26.2 Å². The smallest absolute Gasteiger partial charge is 0.126 e. The molecule has 2 nitrogen and oxygen atoms in total. The Bertz CT molecular complexity index is 512. The van der Waals surface area contributed by atoms with Gasteiger partial charge < -0.3 is 4.74 Å². The van der Waals surface area contributed by atoms with Gasteiger partial charge in [0.15, 0.2) is 0 Å². The molecule has 0 aliphatic heterocycles. The second kappa shape index (κ2) is 3.78. The molecular formula is C14H17NO. The normalized spacial score (nSPS) is 11.8. The van der Waals surface area contributed by atoms with Crippen molar-refractivity contribution in [3.05, 3.63) is 36.2 Å². The third kappa shape index (κ3) is 1.75. The third-order valence-electron chi connectivity index (χ3n) is 2.70. The Hall–Kier alpha value is -1.57. The van der Waals surface area contributed by atoms with Gasteiger partial charge in [-0.3, -0.25) is 4.98 Å². The van der Waals surface area contributed by atoms with Gasteiger partial charge in [0.1, 0.15) is 5.75 Å². The minimum Gasteiger partial charge on any atom is -0.496 e. The highest BCUT2D eigenvalue weighted by atomic mass is 16.5. The minimum atomic E-state index is 0.0475. The third-order valence-corrected chi connectivity index (χ3v) is 2.70. The molecule has 0 unspecified atom stereocenters. The highest BCUT2D eigenvalue weighted by Crippen LogP contribution is 2.32. The molecule has 1 aromatic heterocycles. The van der Waals surface area contributed by atoms with Crippen LogP contribution < -0.4 is 4.74 Å². The summed E-state index contributed by atoms with van der Waals surface area (Å²) in [6.45, 7) is 6.52. The fraction of sp³-hybridized carbons (Fsp3) is 0.357. The SMILES string of the molecule is COc1cccc2c(C(C)(C)C)nccc12. The van der Waals surface area contributed by atoms with Gasteiger partial charge in [0.05, 0.1) is 12.8 Å². The molecule has 2 aromatic rings. The number of hydrogen-bond acceptors (Lipinski definition) is 2. The van der Waals surface area contributed by atoms with Crippen LogP contribution in [-0.2, 0) is 5.41 Å². The van der Waals surface area contributed by atoms with Gasteiger partial charge in [0, 0.05) is 22.4 Å². The van der Waals surface area contributed by atoms with Crippen molar-refractivity contribution >= 4 is 10.8 Å². The number of methoxy groups -OCH3 is 1. The quantitative estimate of drug-likeness (QED) is 0.726. The van der Waals surface area contributed by atoms with E-state index < -0.39 is 0 Å². The van der Waals surface area contributed by atoms with Gasteiger partial charge in [-0.1, -0.05) is 32.9 Å². The Labute approximate surface area is 96.3 Å². The van der Waals surface area contributed by atoms with E-state index in [2.05, 4.69) is 31.8 Å². The fourth-order valence-corrected chi connectivity index (χ4v) is 1.95. The van der Waals surface area contributed by atoms with E-state index in [1.165, 1.54) is 5.39 Å². The minimum absolute atomic E-state index is 0.0475. The van der Waals surface area contributed by atoms with Crippen LogP contribution >= 0.6 is 0 Å². The molecule has 16 heavy (non-hydrogen) atoms. The molecule has 2 rings (SSSR count). The van der Waals surface area contributed by atoms with Crippen LogP contribution in [0.3, 0.4) is 0 Å². The Balaban J connectivity index is 2.79. The molecule has 0 aliphatic carbocycles. The Kier molecular flexibility index (Phi) is 2.58. The maximum atomic E-state index is 5.37. The summed E-state index contributed by atoms with van der Waals surface area (Å²) in [4.78, 5) is 4.50. The summed E-state index contributed by atoms with van der Waals surface area (Å²) >= 11 is 0. The second-order valence-corrected chi connectivity index (χ2v) is 4.96. The van der Waals surface area contributed by atoms with Crippen LogP contribution in [0, 0.1) is 0 Å². The van der Waals surface area contributed by atoms with E-state index in [4.69, 9.17) is 4.74 Å². The standard InChI is InChI=1S/C14H17NO/c1-14(2,3)13-11-6-5-7-12(16-4)10(11)8-9-15-13/h5-9H,1-4H3. The molecule has 0 bridgehead atoms. The summed E-state index contributed by atoms with van der Waals surface area (Å²) in [6.07, 6.45) is 1.85. The molecule has 0 N–H and O–H groups in total. The average Bonchev–Trinajstić information content (AvgIpc) is 2.26. The summed E-state index contributed by atoms with van der Waals surface area (Å²) < 4.78 is 5.37. The monoisotopic (exact) mass is 215 g/mol. The van der Waals surface area contributed by atoms with Crippen molar-refractivity contribution < 1.29 is 4.74 Å². The summed E-state index contributed by atoms with van der Waals surface area (Å²) in [7, 11) is 1.70. The second-order valence-electron chi connectivity index (χ2n) is 4.96.